The average molecular weight is 342 g/mol. The predicted octanol–water partition coefficient (Wildman–Crippen LogP) is 3.08. The molecule has 25 heavy (non-hydrogen) atoms. The summed E-state index contributed by atoms with van der Waals surface area (Å²) in [5.41, 5.74) is 9.93. The zero-order valence-corrected chi connectivity index (χ0v) is 15.4. The van der Waals surface area contributed by atoms with Crippen molar-refractivity contribution >= 4 is 17.2 Å². The van der Waals surface area contributed by atoms with E-state index < -0.39 is 0 Å². The molecule has 2 rings (SSSR count). The van der Waals surface area contributed by atoms with E-state index in [0.29, 0.717) is 17.6 Å². The van der Waals surface area contributed by atoms with Gasteiger partial charge in [-0.15, -0.1) is 0 Å². The fourth-order valence-corrected chi connectivity index (χ4v) is 3.02. The standard InChI is InChI=1S/C20H31N5/c1-4-12-23-17-10-6-5-9-16(17)15(2)25-20(21)14-19(22-3)18-11-7-8-13-24-18/h5-6,9-10,14,18,22-24H,2,4,7-8,11-13H2,1,3H3,(H2,21,25)/b19-14-. The molecule has 1 aliphatic rings. The number of hydrogen-bond acceptors (Lipinski definition) is 4. The van der Waals surface area contributed by atoms with Crippen molar-refractivity contribution in [3.8, 4) is 0 Å². The fourth-order valence-electron chi connectivity index (χ4n) is 3.02. The lowest BCUT2D eigenvalue weighted by Gasteiger charge is -2.25. The maximum Gasteiger partial charge on any atom is 0.125 e. The zero-order chi connectivity index (χ0) is 18.1. The molecule has 0 spiro atoms. The second-order valence-corrected chi connectivity index (χ2v) is 6.31. The number of piperidine rings is 1. The van der Waals surface area contributed by atoms with E-state index in [9.17, 15) is 0 Å². The van der Waals surface area contributed by atoms with E-state index in [0.717, 1.165) is 42.9 Å². The van der Waals surface area contributed by atoms with Gasteiger partial charge in [0.25, 0.3) is 0 Å². The number of anilines is 1. The average Bonchev–Trinajstić information content (AvgIpc) is 2.65. The van der Waals surface area contributed by atoms with Crippen LogP contribution in [0.2, 0.25) is 0 Å². The molecule has 0 saturated carbocycles. The molecule has 1 aromatic carbocycles. The lowest BCUT2D eigenvalue weighted by atomic mass is 10.0. The largest absolute Gasteiger partial charge is 0.390 e. The molecule has 1 unspecified atom stereocenters. The molecule has 1 heterocycles. The minimum Gasteiger partial charge on any atom is -0.390 e. The maximum absolute atomic E-state index is 6.17. The predicted molar refractivity (Wildman–Crippen MR) is 109 cm³/mol. The van der Waals surface area contributed by atoms with Crippen LogP contribution in [-0.4, -0.2) is 32.0 Å². The lowest BCUT2D eigenvalue weighted by molar-refractivity contribution is 0.428. The van der Waals surface area contributed by atoms with Crippen LogP contribution < -0.4 is 21.7 Å². The molecular formula is C20H31N5. The molecule has 0 bridgehead atoms. The number of hydrogen-bond donors (Lipinski definition) is 4. The van der Waals surface area contributed by atoms with Crippen molar-refractivity contribution < 1.29 is 0 Å². The molecule has 1 fully saturated rings. The summed E-state index contributed by atoms with van der Waals surface area (Å²) >= 11 is 0. The fraction of sp³-hybridized carbons (Fsp3) is 0.450. The Labute approximate surface area is 151 Å². The molecule has 1 atom stereocenters. The summed E-state index contributed by atoms with van der Waals surface area (Å²) in [6.45, 7) is 8.21. The molecule has 0 amide bonds. The van der Waals surface area contributed by atoms with Gasteiger partial charge in [-0.3, -0.25) is 0 Å². The number of likely N-dealkylation sites (N-methyl/N-ethyl adjacent to an activating group) is 1. The van der Waals surface area contributed by atoms with E-state index in [-0.39, 0.29) is 0 Å². The molecular weight excluding hydrogens is 310 g/mol. The highest BCUT2D eigenvalue weighted by Crippen LogP contribution is 2.23. The Kier molecular flexibility index (Phi) is 7.54. The minimum absolute atomic E-state index is 0.319. The number of aliphatic imine (C=N–C) groups is 1. The zero-order valence-electron chi connectivity index (χ0n) is 15.4. The number of nitrogens with zero attached hydrogens (tertiary/aromatic N) is 1. The summed E-state index contributed by atoms with van der Waals surface area (Å²) in [6.07, 6.45) is 6.56. The molecule has 136 valence electrons. The summed E-state index contributed by atoms with van der Waals surface area (Å²) in [7, 11) is 1.92. The van der Waals surface area contributed by atoms with Crippen LogP contribution >= 0.6 is 0 Å². The van der Waals surface area contributed by atoms with E-state index in [4.69, 9.17) is 5.73 Å². The van der Waals surface area contributed by atoms with Gasteiger partial charge in [0, 0.05) is 42.7 Å². The summed E-state index contributed by atoms with van der Waals surface area (Å²) in [6, 6.07) is 8.38. The van der Waals surface area contributed by atoms with E-state index in [1.807, 2.05) is 37.4 Å². The van der Waals surface area contributed by atoms with Crippen LogP contribution in [0.3, 0.4) is 0 Å². The van der Waals surface area contributed by atoms with Gasteiger partial charge in [0.05, 0.1) is 5.70 Å². The van der Waals surface area contributed by atoms with E-state index >= 15 is 0 Å². The Morgan fingerprint density at radius 1 is 1.40 bits per heavy atom. The smallest absolute Gasteiger partial charge is 0.125 e. The lowest BCUT2D eigenvalue weighted by Crippen LogP contribution is -2.39. The third-order valence-corrected chi connectivity index (χ3v) is 4.35. The van der Waals surface area contributed by atoms with Crippen LogP contribution in [0.15, 0.2) is 47.6 Å². The van der Waals surface area contributed by atoms with Gasteiger partial charge in [-0.25, -0.2) is 4.99 Å². The molecule has 5 heteroatoms. The van der Waals surface area contributed by atoms with Crippen molar-refractivity contribution in [1.29, 1.82) is 0 Å². The second kappa shape index (κ2) is 9.89. The number of benzene rings is 1. The molecule has 1 aliphatic heterocycles. The molecule has 1 saturated heterocycles. The number of rotatable bonds is 8. The van der Waals surface area contributed by atoms with Crippen molar-refractivity contribution in [3.63, 3.8) is 0 Å². The first-order valence-corrected chi connectivity index (χ1v) is 9.14. The molecule has 0 radical (unpaired) electrons. The second-order valence-electron chi connectivity index (χ2n) is 6.31. The van der Waals surface area contributed by atoms with Crippen molar-refractivity contribution in [1.82, 2.24) is 10.6 Å². The summed E-state index contributed by atoms with van der Waals surface area (Å²) in [4.78, 5) is 4.51. The third kappa shape index (κ3) is 5.64. The first kappa shape index (κ1) is 19.1. The monoisotopic (exact) mass is 341 g/mol. The van der Waals surface area contributed by atoms with Crippen LogP contribution in [0, 0.1) is 0 Å². The summed E-state index contributed by atoms with van der Waals surface area (Å²) < 4.78 is 0. The van der Waals surface area contributed by atoms with Gasteiger partial charge in [-0.05, 0) is 31.9 Å². The van der Waals surface area contributed by atoms with Gasteiger partial charge in [0.2, 0.25) is 0 Å². The van der Waals surface area contributed by atoms with Crippen molar-refractivity contribution in [2.75, 3.05) is 25.5 Å². The molecule has 5 nitrogen and oxygen atoms in total. The number of amidine groups is 1. The summed E-state index contributed by atoms with van der Waals surface area (Å²) in [5, 5.41) is 10.2. The molecule has 5 N–H and O–H groups in total. The van der Waals surface area contributed by atoms with Crippen molar-refractivity contribution in [3.05, 3.63) is 48.2 Å². The van der Waals surface area contributed by atoms with Crippen LogP contribution in [0.4, 0.5) is 5.69 Å². The van der Waals surface area contributed by atoms with Gasteiger partial charge in [-0.2, -0.15) is 0 Å². The third-order valence-electron chi connectivity index (χ3n) is 4.35. The van der Waals surface area contributed by atoms with Gasteiger partial charge in [0.1, 0.15) is 5.84 Å². The Bertz CT molecular complexity index is 627. The van der Waals surface area contributed by atoms with Crippen molar-refractivity contribution in [2.45, 2.75) is 38.6 Å². The van der Waals surface area contributed by atoms with Gasteiger partial charge in [-0.1, -0.05) is 38.1 Å². The Balaban J connectivity index is 2.15. The molecule has 0 aromatic heterocycles. The summed E-state index contributed by atoms with van der Waals surface area (Å²) in [5.74, 6) is 0.465. The Morgan fingerprint density at radius 2 is 2.20 bits per heavy atom. The van der Waals surface area contributed by atoms with Crippen LogP contribution in [-0.2, 0) is 0 Å². The Morgan fingerprint density at radius 3 is 2.88 bits per heavy atom. The Hall–Kier alpha value is -2.27. The van der Waals surface area contributed by atoms with Crippen LogP contribution in [0.25, 0.3) is 5.70 Å². The first-order valence-electron chi connectivity index (χ1n) is 9.14. The van der Waals surface area contributed by atoms with Gasteiger partial charge in [0.15, 0.2) is 0 Å². The van der Waals surface area contributed by atoms with E-state index in [1.165, 1.54) is 12.8 Å². The van der Waals surface area contributed by atoms with E-state index in [1.54, 1.807) is 0 Å². The molecule has 0 aliphatic carbocycles. The SMILES string of the molecule is C=C(N=C(N)/C=C(\NC)C1CCCCN1)c1ccccc1NCCC. The topological polar surface area (TPSA) is 74.5 Å². The normalized spacial score (nSPS) is 18.7. The van der Waals surface area contributed by atoms with Crippen LogP contribution in [0.1, 0.15) is 38.2 Å². The van der Waals surface area contributed by atoms with E-state index in [2.05, 4.69) is 34.4 Å². The first-order chi connectivity index (χ1) is 12.2. The van der Waals surface area contributed by atoms with Crippen molar-refractivity contribution in [2.24, 2.45) is 10.7 Å². The van der Waals surface area contributed by atoms with Gasteiger partial charge >= 0.3 is 0 Å². The number of para-hydroxylation sites is 1. The van der Waals surface area contributed by atoms with Gasteiger partial charge < -0.3 is 21.7 Å². The number of nitrogens with two attached hydrogens (primary N) is 1. The highest BCUT2D eigenvalue weighted by Gasteiger charge is 2.16. The van der Waals surface area contributed by atoms with Crippen LogP contribution in [0.5, 0.6) is 0 Å². The maximum atomic E-state index is 6.17. The highest BCUT2D eigenvalue weighted by molar-refractivity contribution is 5.96. The highest BCUT2D eigenvalue weighted by atomic mass is 15.0. The quantitative estimate of drug-likeness (QED) is 0.433. The number of nitrogens with one attached hydrogen (secondary N) is 3. The minimum atomic E-state index is 0.319. The molecule has 1 aromatic rings.